The molecule has 164 valence electrons. The van der Waals surface area contributed by atoms with Crippen LogP contribution in [0.3, 0.4) is 0 Å². The highest BCUT2D eigenvalue weighted by atomic mass is 32.2. The zero-order valence-electron chi connectivity index (χ0n) is 18.0. The van der Waals surface area contributed by atoms with Gasteiger partial charge in [-0.1, -0.05) is 12.1 Å². The van der Waals surface area contributed by atoms with Crippen molar-refractivity contribution in [3.63, 3.8) is 0 Å². The van der Waals surface area contributed by atoms with Crippen LogP contribution < -0.4 is 0 Å². The van der Waals surface area contributed by atoms with Gasteiger partial charge in [0.25, 0.3) is 0 Å². The van der Waals surface area contributed by atoms with Gasteiger partial charge in [0.1, 0.15) is 10.7 Å². The van der Waals surface area contributed by atoms with Crippen molar-refractivity contribution in [2.45, 2.75) is 57.5 Å². The Bertz CT molecular complexity index is 1190. The van der Waals surface area contributed by atoms with Crippen molar-refractivity contribution in [1.29, 1.82) is 0 Å². The summed E-state index contributed by atoms with van der Waals surface area (Å²) in [6, 6.07) is 10.1. The predicted octanol–water partition coefficient (Wildman–Crippen LogP) is 4.17. The van der Waals surface area contributed by atoms with Crippen molar-refractivity contribution >= 4 is 10.0 Å². The topological polar surface area (TPSA) is 68.1 Å². The first-order chi connectivity index (χ1) is 14.8. The Balaban J connectivity index is 1.66. The highest BCUT2D eigenvalue weighted by Gasteiger charge is 2.38. The molecule has 0 aliphatic carbocycles. The molecule has 1 aliphatic heterocycles. The fourth-order valence-electron chi connectivity index (χ4n) is 4.24. The van der Waals surface area contributed by atoms with Gasteiger partial charge >= 0.3 is 0 Å². The second kappa shape index (κ2) is 8.51. The molecule has 2 aromatic heterocycles. The van der Waals surface area contributed by atoms with E-state index in [2.05, 4.69) is 10.1 Å². The van der Waals surface area contributed by atoms with Crippen molar-refractivity contribution in [2.24, 2.45) is 0 Å². The van der Waals surface area contributed by atoms with Crippen LogP contribution in [0.25, 0.3) is 0 Å². The third kappa shape index (κ3) is 4.41. The van der Waals surface area contributed by atoms with Crippen molar-refractivity contribution in [3.8, 4) is 0 Å². The molecule has 1 fully saturated rings. The molecule has 0 spiro atoms. The van der Waals surface area contributed by atoms with E-state index < -0.39 is 10.0 Å². The highest BCUT2D eigenvalue weighted by molar-refractivity contribution is 7.89. The molecule has 3 heterocycles. The number of hydrogen-bond donors (Lipinski definition) is 0. The minimum Gasteiger partial charge on any atom is -0.271 e. The van der Waals surface area contributed by atoms with Gasteiger partial charge in [-0.2, -0.15) is 9.40 Å². The van der Waals surface area contributed by atoms with E-state index in [1.165, 1.54) is 12.1 Å². The van der Waals surface area contributed by atoms with E-state index in [4.69, 9.17) is 0 Å². The number of rotatable bonds is 6. The lowest BCUT2D eigenvalue weighted by Gasteiger charge is -2.24. The molecule has 0 unspecified atom stereocenters. The Morgan fingerprint density at radius 1 is 1.13 bits per heavy atom. The number of halogens is 1. The number of aromatic nitrogens is 3. The summed E-state index contributed by atoms with van der Waals surface area (Å²) in [6.45, 7) is 6.66. The molecule has 1 saturated heterocycles. The lowest BCUT2D eigenvalue weighted by Crippen LogP contribution is -2.31. The Labute approximate surface area is 182 Å². The maximum Gasteiger partial charge on any atom is 0.247 e. The molecule has 4 rings (SSSR count). The van der Waals surface area contributed by atoms with Crippen LogP contribution in [0.2, 0.25) is 0 Å². The normalized spacial score (nSPS) is 17.4. The zero-order valence-corrected chi connectivity index (χ0v) is 18.9. The Morgan fingerprint density at radius 2 is 1.87 bits per heavy atom. The van der Waals surface area contributed by atoms with E-state index in [0.29, 0.717) is 25.2 Å². The van der Waals surface area contributed by atoms with Gasteiger partial charge in [-0.3, -0.25) is 9.67 Å². The van der Waals surface area contributed by atoms with Crippen LogP contribution in [0.15, 0.2) is 47.5 Å². The van der Waals surface area contributed by atoms with Crippen LogP contribution in [0.1, 0.15) is 54.0 Å². The largest absolute Gasteiger partial charge is 0.271 e. The first kappa shape index (κ1) is 21.6. The third-order valence-corrected chi connectivity index (χ3v) is 7.72. The molecule has 0 saturated carbocycles. The molecular weight excluding hydrogens is 415 g/mol. The van der Waals surface area contributed by atoms with E-state index in [9.17, 15) is 12.8 Å². The van der Waals surface area contributed by atoms with Gasteiger partial charge in [0.05, 0.1) is 17.4 Å². The summed E-state index contributed by atoms with van der Waals surface area (Å²) in [4.78, 5) is 4.95. The van der Waals surface area contributed by atoms with E-state index in [-0.39, 0.29) is 16.8 Å². The number of nitrogens with zero attached hydrogens (tertiary/aromatic N) is 4. The summed E-state index contributed by atoms with van der Waals surface area (Å²) in [7, 11) is -3.68. The van der Waals surface area contributed by atoms with E-state index in [0.717, 1.165) is 35.4 Å². The van der Waals surface area contributed by atoms with Gasteiger partial charge in [-0.25, -0.2) is 12.8 Å². The summed E-state index contributed by atoms with van der Waals surface area (Å²) in [5.41, 5.74) is 4.15. The quantitative estimate of drug-likeness (QED) is 0.575. The monoisotopic (exact) mass is 442 g/mol. The van der Waals surface area contributed by atoms with Crippen LogP contribution in [0.4, 0.5) is 4.39 Å². The predicted molar refractivity (Wildman–Crippen MR) is 117 cm³/mol. The number of pyridine rings is 1. The van der Waals surface area contributed by atoms with Gasteiger partial charge in [0, 0.05) is 25.0 Å². The van der Waals surface area contributed by atoms with E-state index in [1.54, 1.807) is 34.2 Å². The SMILES string of the molecule is CCn1cc(S(=O)(=O)N2CCC[C@H]2c2cc(Cc3ccc(F)cc3)cc(C)n2)c(C)n1. The molecule has 0 radical (unpaired) electrons. The van der Waals surface area contributed by atoms with Gasteiger partial charge in [0.15, 0.2) is 0 Å². The molecule has 3 aromatic rings. The Morgan fingerprint density at radius 3 is 2.55 bits per heavy atom. The summed E-state index contributed by atoms with van der Waals surface area (Å²) >= 11 is 0. The summed E-state index contributed by atoms with van der Waals surface area (Å²) in [6.07, 6.45) is 3.77. The van der Waals surface area contributed by atoms with Crippen LogP contribution >= 0.6 is 0 Å². The van der Waals surface area contributed by atoms with E-state index in [1.807, 2.05) is 26.0 Å². The van der Waals surface area contributed by atoms with Gasteiger partial charge in [0.2, 0.25) is 10.0 Å². The van der Waals surface area contributed by atoms with Crippen molar-refractivity contribution in [1.82, 2.24) is 19.1 Å². The second-order valence-electron chi connectivity index (χ2n) is 8.05. The number of aryl methyl sites for hydroxylation is 3. The molecule has 1 atom stereocenters. The fraction of sp³-hybridized carbons (Fsp3) is 0.391. The smallest absolute Gasteiger partial charge is 0.247 e. The standard InChI is InChI=1S/C23H27FN4O2S/c1-4-27-15-23(17(3)26-27)31(29,30)28-11-5-6-22(28)21-14-19(12-16(2)25-21)13-18-7-9-20(24)10-8-18/h7-10,12,14-15,22H,4-6,11,13H2,1-3H3/t22-/m0/s1. The lowest BCUT2D eigenvalue weighted by molar-refractivity contribution is 0.389. The second-order valence-corrected chi connectivity index (χ2v) is 9.91. The summed E-state index contributed by atoms with van der Waals surface area (Å²) in [5.74, 6) is -0.260. The minimum absolute atomic E-state index is 0.260. The van der Waals surface area contributed by atoms with Crippen LogP contribution in [0.5, 0.6) is 0 Å². The number of sulfonamides is 1. The number of hydrogen-bond acceptors (Lipinski definition) is 4. The molecule has 1 aliphatic rings. The molecule has 1 aromatic carbocycles. The van der Waals surface area contributed by atoms with E-state index >= 15 is 0 Å². The van der Waals surface area contributed by atoms with Crippen molar-refractivity contribution in [2.75, 3.05) is 6.54 Å². The van der Waals surface area contributed by atoms with Crippen molar-refractivity contribution in [3.05, 3.63) is 76.6 Å². The molecule has 6 nitrogen and oxygen atoms in total. The first-order valence-corrected chi connectivity index (χ1v) is 12.0. The van der Waals surface area contributed by atoms with Crippen LogP contribution in [-0.4, -0.2) is 34.0 Å². The molecule has 8 heteroatoms. The maximum atomic E-state index is 13.5. The Hall–Kier alpha value is -2.58. The minimum atomic E-state index is -3.68. The van der Waals surface area contributed by atoms with Crippen LogP contribution in [0, 0.1) is 19.7 Å². The zero-order chi connectivity index (χ0) is 22.2. The summed E-state index contributed by atoms with van der Waals surface area (Å²) < 4.78 is 43.4. The molecular formula is C23H27FN4O2S. The van der Waals surface area contributed by atoms with Crippen LogP contribution in [-0.2, 0) is 23.0 Å². The summed E-state index contributed by atoms with van der Waals surface area (Å²) in [5, 5.41) is 4.31. The molecule has 0 bridgehead atoms. The maximum absolute atomic E-state index is 13.5. The number of benzene rings is 1. The van der Waals surface area contributed by atoms with Gasteiger partial charge in [-0.15, -0.1) is 0 Å². The van der Waals surface area contributed by atoms with Gasteiger partial charge in [-0.05, 0) is 75.4 Å². The first-order valence-electron chi connectivity index (χ1n) is 10.6. The third-order valence-electron chi connectivity index (χ3n) is 5.71. The fourth-order valence-corrected chi connectivity index (χ4v) is 6.08. The lowest BCUT2D eigenvalue weighted by atomic mass is 10.0. The highest BCUT2D eigenvalue weighted by Crippen LogP contribution is 2.37. The average molecular weight is 443 g/mol. The average Bonchev–Trinajstić information content (AvgIpc) is 3.37. The Kier molecular flexibility index (Phi) is 5.94. The van der Waals surface area contributed by atoms with Crippen molar-refractivity contribution < 1.29 is 12.8 Å². The molecule has 31 heavy (non-hydrogen) atoms. The molecule has 0 amide bonds. The molecule has 0 N–H and O–H groups in total. The van der Waals surface area contributed by atoms with Gasteiger partial charge < -0.3 is 0 Å².